The molecule has 0 unspecified atom stereocenters. The van der Waals surface area contributed by atoms with Crippen LogP contribution in [0.3, 0.4) is 0 Å². The van der Waals surface area contributed by atoms with Crippen molar-refractivity contribution in [3.63, 3.8) is 0 Å². The van der Waals surface area contributed by atoms with Gasteiger partial charge in [0.05, 0.1) is 33.4 Å². The molecule has 0 saturated heterocycles. The fourth-order valence-electron chi connectivity index (χ4n) is 3.31. The van der Waals surface area contributed by atoms with Crippen molar-refractivity contribution in [3.8, 4) is 17.2 Å². The molecule has 4 rings (SSSR count). The molecule has 0 atom stereocenters. The Hall–Kier alpha value is -3.73. The van der Waals surface area contributed by atoms with E-state index in [2.05, 4.69) is 20.5 Å². The lowest BCUT2D eigenvalue weighted by Gasteiger charge is -2.19. The van der Waals surface area contributed by atoms with Crippen LogP contribution in [0.15, 0.2) is 36.4 Å². The normalized spacial score (nSPS) is 10.9. The first-order valence-corrected chi connectivity index (χ1v) is 10.6. The number of hydrogen-bond acceptors (Lipinski definition) is 9. The molecule has 0 aliphatic carbocycles. The van der Waals surface area contributed by atoms with E-state index in [4.69, 9.17) is 14.2 Å². The lowest BCUT2D eigenvalue weighted by atomic mass is 10.1. The van der Waals surface area contributed by atoms with Gasteiger partial charge in [-0.25, -0.2) is 4.68 Å². The van der Waals surface area contributed by atoms with Gasteiger partial charge in [-0.05, 0) is 31.2 Å². The van der Waals surface area contributed by atoms with E-state index in [9.17, 15) is 4.79 Å². The first kappa shape index (κ1) is 21.5. The van der Waals surface area contributed by atoms with E-state index in [0.717, 1.165) is 11.0 Å². The molecular weight excluding hydrogens is 432 g/mol. The molecule has 10 nitrogen and oxygen atoms in total. The summed E-state index contributed by atoms with van der Waals surface area (Å²) in [6.45, 7) is 2.70. The summed E-state index contributed by atoms with van der Waals surface area (Å²) in [6, 6.07) is 10.9. The summed E-state index contributed by atoms with van der Waals surface area (Å²) in [5.41, 5.74) is 2.11. The van der Waals surface area contributed by atoms with Gasteiger partial charge in [-0.15, -0.1) is 15.3 Å². The largest absolute Gasteiger partial charge is 0.493 e. The Bertz CT molecular complexity index is 1230. The minimum Gasteiger partial charge on any atom is -0.493 e. The van der Waals surface area contributed by atoms with Crippen LogP contribution in [-0.4, -0.2) is 59.0 Å². The number of hydrogen-bond donors (Lipinski definition) is 0. The highest BCUT2D eigenvalue weighted by atomic mass is 32.1. The number of ether oxygens (including phenoxy) is 3. The number of aromatic nitrogens is 5. The summed E-state index contributed by atoms with van der Waals surface area (Å²) >= 11 is 1.33. The second-order valence-corrected chi connectivity index (χ2v) is 7.72. The van der Waals surface area contributed by atoms with E-state index in [-0.39, 0.29) is 5.91 Å². The van der Waals surface area contributed by atoms with E-state index < -0.39 is 0 Å². The quantitative estimate of drug-likeness (QED) is 0.400. The van der Waals surface area contributed by atoms with Crippen LogP contribution >= 0.6 is 11.3 Å². The third kappa shape index (κ3) is 3.94. The maximum absolute atomic E-state index is 13.3. The molecule has 32 heavy (non-hydrogen) atoms. The van der Waals surface area contributed by atoms with Crippen LogP contribution in [0.1, 0.15) is 22.3 Å². The molecule has 2 aromatic heterocycles. The maximum Gasteiger partial charge on any atom is 0.260 e. The van der Waals surface area contributed by atoms with Gasteiger partial charge in [0, 0.05) is 12.1 Å². The summed E-state index contributed by atoms with van der Waals surface area (Å²) in [4.78, 5) is 14.9. The molecule has 1 amide bonds. The average Bonchev–Trinajstić information content (AvgIpc) is 3.46. The molecule has 0 N–H and O–H groups in total. The van der Waals surface area contributed by atoms with Crippen molar-refractivity contribution < 1.29 is 19.0 Å². The van der Waals surface area contributed by atoms with Crippen molar-refractivity contribution in [2.75, 3.05) is 32.8 Å². The predicted octanol–water partition coefficient (Wildman–Crippen LogP) is 3.02. The van der Waals surface area contributed by atoms with Crippen LogP contribution in [0.2, 0.25) is 0 Å². The lowest BCUT2D eigenvalue weighted by molar-refractivity contribution is 0.0987. The summed E-state index contributed by atoms with van der Waals surface area (Å²) in [5.74, 6) is 0.984. The van der Waals surface area contributed by atoms with Crippen molar-refractivity contribution in [1.82, 2.24) is 25.2 Å². The van der Waals surface area contributed by atoms with Crippen LogP contribution in [-0.2, 0) is 6.54 Å². The Kier molecular flexibility index (Phi) is 6.17. The Balaban J connectivity index is 1.61. The first-order chi connectivity index (χ1) is 15.6. The van der Waals surface area contributed by atoms with E-state index in [0.29, 0.717) is 46.0 Å². The summed E-state index contributed by atoms with van der Waals surface area (Å²) in [7, 11) is 4.53. The molecule has 4 aromatic rings. The number of anilines is 1. The Morgan fingerprint density at radius 1 is 1.03 bits per heavy atom. The number of carbonyl (C=O) groups excluding carboxylic acids is 1. The van der Waals surface area contributed by atoms with Gasteiger partial charge in [-0.2, -0.15) is 0 Å². The van der Waals surface area contributed by atoms with Crippen LogP contribution in [0, 0.1) is 0 Å². The lowest BCUT2D eigenvalue weighted by Crippen LogP contribution is -2.30. The smallest absolute Gasteiger partial charge is 0.260 e. The maximum atomic E-state index is 13.3. The number of carbonyl (C=O) groups is 1. The first-order valence-electron chi connectivity index (χ1n) is 9.82. The Labute approximate surface area is 188 Å². The fourth-order valence-corrected chi connectivity index (χ4v) is 4.19. The zero-order valence-electron chi connectivity index (χ0n) is 18.1. The summed E-state index contributed by atoms with van der Waals surface area (Å²) in [6.07, 6.45) is 0. The van der Waals surface area contributed by atoms with Gasteiger partial charge in [-0.3, -0.25) is 9.69 Å². The molecule has 0 fully saturated rings. The highest BCUT2D eigenvalue weighted by Gasteiger charge is 2.24. The highest BCUT2D eigenvalue weighted by molar-refractivity contribution is 7.15. The van der Waals surface area contributed by atoms with Crippen LogP contribution < -0.4 is 19.1 Å². The predicted molar refractivity (Wildman–Crippen MR) is 120 cm³/mol. The second kappa shape index (κ2) is 9.18. The molecule has 0 radical (unpaired) electrons. The minimum absolute atomic E-state index is 0.249. The SMILES string of the molecule is CCN(C(=O)c1cc(OC)c(OC)c(OC)c1)c1nnc(Cn2nnc3ccccc32)s1. The molecule has 2 heterocycles. The van der Waals surface area contributed by atoms with Crippen molar-refractivity contribution >= 4 is 33.4 Å². The second-order valence-electron chi connectivity index (χ2n) is 6.68. The molecule has 0 aliphatic rings. The highest BCUT2D eigenvalue weighted by Crippen LogP contribution is 2.38. The molecule has 0 spiro atoms. The van der Waals surface area contributed by atoms with Crippen LogP contribution in [0.5, 0.6) is 17.2 Å². The van der Waals surface area contributed by atoms with Crippen molar-refractivity contribution in [2.45, 2.75) is 13.5 Å². The molecule has 0 bridgehead atoms. The van der Waals surface area contributed by atoms with E-state index >= 15 is 0 Å². The third-order valence-electron chi connectivity index (χ3n) is 4.87. The average molecular weight is 455 g/mol. The topological polar surface area (TPSA) is 104 Å². The zero-order valence-corrected chi connectivity index (χ0v) is 18.9. The Morgan fingerprint density at radius 2 is 1.75 bits per heavy atom. The van der Waals surface area contributed by atoms with Crippen LogP contribution in [0.4, 0.5) is 5.13 Å². The van der Waals surface area contributed by atoms with E-state index in [1.807, 2.05) is 31.2 Å². The summed E-state index contributed by atoms with van der Waals surface area (Å²) < 4.78 is 17.8. The number of nitrogens with zero attached hydrogens (tertiary/aromatic N) is 6. The van der Waals surface area contributed by atoms with Gasteiger partial charge in [0.15, 0.2) is 11.5 Å². The van der Waals surface area contributed by atoms with E-state index in [1.165, 1.54) is 32.7 Å². The van der Waals surface area contributed by atoms with Gasteiger partial charge in [0.1, 0.15) is 10.5 Å². The molecule has 166 valence electrons. The monoisotopic (exact) mass is 454 g/mol. The minimum atomic E-state index is -0.249. The van der Waals surface area contributed by atoms with Crippen molar-refractivity contribution in [1.29, 1.82) is 0 Å². The number of rotatable bonds is 8. The molecular formula is C21H22N6O4S. The number of methoxy groups -OCH3 is 3. The van der Waals surface area contributed by atoms with Gasteiger partial charge in [0.25, 0.3) is 5.91 Å². The van der Waals surface area contributed by atoms with Crippen molar-refractivity contribution in [2.24, 2.45) is 0 Å². The van der Waals surface area contributed by atoms with Crippen molar-refractivity contribution in [3.05, 3.63) is 47.0 Å². The number of fused-ring (bicyclic) bond motifs is 1. The molecule has 0 saturated carbocycles. The zero-order chi connectivity index (χ0) is 22.7. The number of benzene rings is 2. The van der Waals surface area contributed by atoms with Crippen LogP contribution in [0.25, 0.3) is 11.0 Å². The number of amides is 1. The van der Waals surface area contributed by atoms with E-state index in [1.54, 1.807) is 21.7 Å². The molecule has 11 heteroatoms. The molecule has 2 aromatic carbocycles. The molecule has 0 aliphatic heterocycles. The summed E-state index contributed by atoms with van der Waals surface area (Å²) in [5, 5.41) is 18.0. The van der Waals surface area contributed by atoms with Gasteiger partial charge in [-0.1, -0.05) is 28.7 Å². The van der Waals surface area contributed by atoms with Gasteiger partial charge in [0.2, 0.25) is 10.9 Å². The van der Waals surface area contributed by atoms with Gasteiger partial charge < -0.3 is 14.2 Å². The number of para-hydroxylation sites is 1. The fraction of sp³-hybridized carbons (Fsp3) is 0.286. The third-order valence-corrected chi connectivity index (χ3v) is 5.80. The Morgan fingerprint density at radius 3 is 2.41 bits per heavy atom. The standard InChI is InChI=1S/C21H22N6O4S/c1-5-26(20(28)13-10-16(29-2)19(31-4)17(11-13)30-3)21-24-23-18(32-21)12-27-15-9-7-6-8-14(15)22-25-27/h6-11H,5,12H2,1-4H3. The van der Waals surface area contributed by atoms with Gasteiger partial charge >= 0.3 is 0 Å².